The second-order valence-corrected chi connectivity index (χ2v) is 9.13. The summed E-state index contributed by atoms with van der Waals surface area (Å²) in [6, 6.07) is 14.2. The number of aryl methyl sites for hydroxylation is 1. The number of anilines is 3. The van der Waals surface area contributed by atoms with E-state index in [2.05, 4.69) is 10.6 Å². The summed E-state index contributed by atoms with van der Waals surface area (Å²) in [5.74, 6) is -1.10. The molecule has 3 amide bonds. The molecule has 0 saturated heterocycles. The number of hydrogen-bond acceptors (Lipinski definition) is 6. The number of nitrogens with zero attached hydrogens (tertiary/aromatic N) is 1. The van der Waals surface area contributed by atoms with Crippen LogP contribution in [0.25, 0.3) is 0 Å². The molecule has 1 aliphatic rings. The lowest BCUT2D eigenvalue weighted by Gasteiger charge is -2.19. The van der Waals surface area contributed by atoms with Crippen molar-refractivity contribution in [1.82, 2.24) is 0 Å². The normalized spacial score (nSPS) is 13.2. The largest absolute Gasteiger partial charge is 0.497 e. The summed E-state index contributed by atoms with van der Waals surface area (Å²) in [6.45, 7) is 1.78. The number of hydrogen-bond donors (Lipinski definition) is 2. The zero-order valence-corrected chi connectivity index (χ0v) is 22.1. The van der Waals surface area contributed by atoms with Gasteiger partial charge in [0.15, 0.2) is 0 Å². The molecule has 0 aromatic heterocycles. The number of benzene rings is 3. The van der Waals surface area contributed by atoms with Gasteiger partial charge < -0.3 is 20.1 Å². The van der Waals surface area contributed by atoms with Gasteiger partial charge in [-0.1, -0.05) is 40.9 Å². The molecule has 2 N–H and O–H groups in total. The van der Waals surface area contributed by atoms with Crippen LogP contribution in [0.15, 0.2) is 65.3 Å². The number of methoxy groups -OCH3 is 2. The van der Waals surface area contributed by atoms with Crippen molar-refractivity contribution >= 4 is 69.6 Å². The highest BCUT2D eigenvalue weighted by molar-refractivity contribution is 6.53. The molecule has 0 fully saturated rings. The van der Waals surface area contributed by atoms with Crippen molar-refractivity contribution in [1.29, 1.82) is 0 Å². The van der Waals surface area contributed by atoms with Crippen molar-refractivity contribution in [3.63, 3.8) is 0 Å². The van der Waals surface area contributed by atoms with E-state index in [1.165, 1.54) is 26.4 Å². The molecule has 0 unspecified atom stereocenters. The molecule has 1 heterocycles. The third kappa shape index (κ3) is 5.22. The van der Waals surface area contributed by atoms with Crippen LogP contribution in [0.4, 0.5) is 17.1 Å². The molecule has 3 aromatic carbocycles. The summed E-state index contributed by atoms with van der Waals surface area (Å²) in [7, 11) is 2.90. The number of imide groups is 1. The number of rotatable bonds is 7. The number of nitrogens with one attached hydrogen (secondary N) is 2. The van der Waals surface area contributed by atoms with Crippen molar-refractivity contribution in [2.45, 2.75) is 6.92 Å². The maximum absolute atomic E-state index is 13.3. The van der Waals surface area contributed by atoms with E-state index in [1.807, 2.05) is 0 Å². The van der Waals surface area contributed by atoms with Gasteiger partial charge in [0.2, 0.25) is 0 Å². The van der Waals surface area contributed by atoms with Gasteiger partial charge in [-0.3, -0.25) is 14.4 Å². The van der Waals surface area contributed by atoms with Gasteiger partial charge in [0, 0.05) is 22.3 Å². The summed E-state index contributed by atoms with van der Waals surface area (Å²) < 4.78 is 10.5. The Morgan fingerprint density at radius 3 is 2.30 bits per heavy atom. The average molecular weight is 561 g/mol. The molecule has 0 saturated carbocycles. The Kier molecular flexibility index (Phi) is 7.63. The smallest absolute Gasteiger partial charge is 0.283 e. The first-order chi connectivity index (χ1) is 17.6. The molecule has 0 aliphatic carbocycles. The quantitative estimate of drug-likeness (QED) is 0.344. The van der Waals surface area contributed by atoms with Gasteiger partial charge in [-0.15, -0.1) is 0 Å². The molecule has 1 aliphatic heterocycles. The zero-order valence-electron chi connectivity index (χ0n) is 19.8. The first-order valence-corrected chi connectivity index (χ1v) is 11.9. The fourth-order valence-electron chi connectivity index (χ4n) is 3.62. The van der Waals surface area contributed by atoms with Gasteiger partial charge in [-0.05, 0) is 55.0 Å². The fraction of sp³-hybridized carbons (Fsp3) is 0.115. The number of carbonyl (C=O) groups is 3. The van der Waals surface area contributed by atoms with Crippen LogP contribution in [0.3, 0.4) is 0 Å². The van der Waals surface area contributed by atoms with Crippen molar-refractivity contribution in [2.75, 3.05) is 29.8 Å². The Hall–Kier alpha value is -3.72. The molecular formula is C26H20Cl3N3O5. The number of amides is 3. The van der Waals surface area contributed by atoms with Gasteiger partial charge in [0.1, 0.15) is 22.2 Å². The molecule has 0 radical (unpaired) electrons. The summed E-state index contributed by atoms with van der Waals surface area (Å²) in [5.41, 5.74) is 1.86. The van der Waals surface area contributed by atoms with Crippen LogP contribution in [0.1, 0.15) is 15.9 Å². The maximum Gasteiger partial charge on any atom is 0.283 e. The summed E-state index contributed by atoms with van der Waals surface area (Å²) in [4.78, 5) is 40.0. The zero-order chi connectivity index (χ0) is 26.9. The van der Waals surface area contributed by atoms with Crippen molar-refractivity contribution in [2.24, 2.45) is 0 Å². The summed E-state index contributed by atoms with van der Waals surface area (Å²) >= 11 is 18.4. The number of ether oxygens (including phenoxy) is 2. The first-order valence-electron chi connectivity index (χ1n) is 10.8. The highest BCUT2D eigenvalue weighted by atomic mass is 35.5. The predicted octanol–water partition coefficient (Wildman–Crippen LogP) is 6.01. The molecule has 4 rings (SSSR count). The average Bonchev–Trinajstić information content (AvgIpc) is 3.09. The lowest BCUT2D eigenvalue weighted by atomic mass is 10.1. The minimum atomic E-state index is -0.721. The van der Waals surface area contributed by atoms with Gasteiger partial charge in [-0.25, -0.2) is 4.90 Å². The number of carbonyl (C=O) groups excluding carboxylic acids is 3. The van der Waals surface area contributed by atoms with E-state index < -0.39 is 17.7 Å². The molecule has 0 atom stereocenters. The molecule has 0 bridgehead atoms. The van der Waals surface area contributed by atoms with Crippen LogP contribution < -0.4 is 25.0 Å². The van der Waals surface area contributed by atoms with Crippen molar-refractivity contribution in [3.8, 4) is 11.5 Å². The Balaban J connectivity index is 1.60. The monoisotopic (exact) mass is 559 g/mol. The number of halogens is 3. The Morgan fingerprint density at radius 1 is 0.865 bits per heavy atom. The standard InChI is InChI=1S/C26H20Cl3N3O5/c1-13-4-5-14(24(33)31-18-8-6-15(27)11-17(18)28)10-19(13)30-23-22(29)25(34)32(26(23)35)20-9-7-16(36-2)12-21(20)37-3/h4-12,30H,1-3H3,(H,31,33). The van der Waals surface area contributed by atoms with E-state index in [1.54, 1.807) is 49.4 Å². The molecule has 3 aromatic rings. The van der Waals surface area contributed by atoms with E-state index in [0.29, 0.717) is 27.7 Å². The minimum Gasteiger partial charge on any atom is -0.497 e. The van der Waals surface area contributed by atoms with Gasteiger partial charge in [0.25, 0.3) is 17.7 Å². The minimum absolute atomic E-state index is 0.133. The first kappa shape index (κ1) is 26.3. The second-order valence-electron chi connectivity index (χ2n) is 7.91. The van der Waals surface area contributed by atoms with E-state index in [9.17, 15) is 14.4 Å². The van der Waals surface area contributed by atoms with Gasteiger partial charge in [0.05, 0.1) is 30.6 Å². The van der Waals surface area contributed by atoms with Crippen molar-refractivity contribution in [3.05, 3.63) is 86.5 Å². The van der Waals surface area contributed by atoms with Crippen LogP contribution in [0.5, 0.6) is 11.5 Å². The topological polar surface area (TPSA) is 97.0 Å². The summed E-state index contributed by atoms with van der Waals surface area (Å²) in [6.07, 6.45) is 0. The molecule has 37 heavy (non-hydrogen) atoms. The van der Waals surface area contributed by atoms with Crippen LogP contribution in [-0.4, -0.2) is 31.9 Å². The molecule has 0 spiro atoms. The van der Waals surface area contributed by atoms with Crippen LogP contribution in [0, 0.1) is 6.92 Å². The Morgan fingerprint density at radius 2 is 1.62 bits per heavy atom. The third-order valence-electron chi connectivity index (χ3n) is 5.59. The van der Waals surface area contributed by atoms with E-state index in [0.717, 1.165) is 4.90 Å². The third-order valence-corrected chi connectivity index (χ3v) is 6.49. The Labute approximate surface area is 227 Å². The summed E-state index contributed by atoms with van der Waals surface area (Å²) in [5, 5.41) is 6.06. The SMILES string of the molecule is COc1ccc(N2C(=O)C(Cl)=C(Nc3cc(C(=O)Nc4ccc(Cl)cc4Cl)ccc3C)C2=O)c(OC)c1. The lowest BCUT2D eigenvalue weighted by Crippen LogP contribution is -2.32. The molecule has 190 valence electrons. The van der Waals surface area contributed by atoms with E-state index in [4.69, 9.17) is 44.3 Å². The molecule has 11 heteroatoms. The highest BCUT2D eigenvalue weighted by Gasteiger charge is 2.40. The van der Waals surface area contributed by atoms with Gasteiger partial charge in [-0.2, -0.15) is 0 Å². The van der Waals surface area contributed by atoms with Crippen LogP contribution in [-0.2, 0) is 9.59 Å². The van der Waals surface area contributed by atoms with Crippen molar-refractivity contribution < 1.29 is 23.9 Å². The predicted molar refractivity (Wildman–Crippen MR) is 144 cm³/mol. The maximum atomic E-state index is 13.3. The molecular weight excluding hydrogens is 541 g/mol. The highest BCUT2D eigenvalue weighted by Crippen LogP contribution is 2.38. The lowest BCUT2D eigenvalue weighted by molar-refractivity contribution is -0.120. The molecule has 8 nitrogen and oxygen atoms in total. The van der Waals surface area contributed by atoms with E-state index >= 15 is 0 Å². The van der Waals surface area contributed by atoms with E-state index in [-0.39, 0.29) is 32.8 Å². The Bertz CT molecular complexity index is 1470. The fourth-order valence-corrected chi connectivity index (χ4v) is 4.29. The van der Waals surface area contributed by atoms with Crippen LogP contribution >= 0.6 is 34.8 Å². The second kappa shape index (κ2) is 10.7. The van der Waals surface area contributed by atoms with Gasteiger partial charge >= 0.3 is 0 Å². The van der Waals surface area contributed by atoms with Crippen LogP contribution in [0.2, 0.25) is 10.0 Å².